The maximum absolute atomic E-state index is 5.62. The van der Waals surface area contributed by atoms with Gasteiger partial charge in [-0.2, -0.15) is 4.98 Å². The highest BCUT2D eigenvalue weighted by atomic mass is 32.1. The number of aromatic nitrogens is 1. The summed E-state index contributed by atoms with van der Waals surface area (Å²) in [5.41, 5.74) is 0. The lowest BCUT2D eigenvalue weighted by Gasteiger charge is -2.00. The molecule has 19 heavy (non-hydrogen) atoms. The third-order valence-electron chi connectivity index (χ3n) is 2.32. The lowest BCUT2D eigenvalue weighted by molar-refractivity contribution is 0.478. The molecular formula is C15H10NO2S. The number of nitrogens with zero attached hydrogens (tertiary/aromatic N) is 1. The van der Waals surface area contributed by atoms with E-state index in [-0.39, 0.29) is 0 Å². The van der Waals surface area contributed by atoms with E-state index in [1.54, 1.807) is 0 Å². The van der Waals surface area contributed by atoms with Gasteiger partial charge in [0.05, 0.1) is 0 Å². The van der Waals surface area contributed by atoms with Crippen molar-refractivity contribution in [3.8, 4) is 21.8 Å². The lowest BCUT2D eigenvalue weighted by Crippen LogP contribution is -1.80. The van der Waals surface area contributed by atoms with E-state index in [2.05, 4.69) is 11.2 Å². The Morgan fingerprint density at radius 3 is 2.00 bits per heavy atom. The summed E-state index contributed by atoms with van der Waals surface area (Å²) >= 11 is 1.31. The molecule has 1 radical (unpaired) electrons. The quantitative estimate of drug-likeness (QED) is 0.696. The molecule has 0 aliphatic carbocycles. The van der Waals surface area contributed by atoms with Crippen molar-refractivity contribution in [2.45, 2.75) is 0 Å². The second-order valence-corrected chi connectivity index (χ2v) is 4.63. The minimum absolute atomic E-state index is 0.511. The summed E-state index contributed by atoms with van der Waals surface area (Å²) in [6.45, 7) is 0. The van der Waals surface area contributed by atoms with Crippen molar-refractivity contribution in [1.82, 2.24) is 4.98 Å². The molecule has 0 saturated heterocycles. The van der Waals surface area contributed by atoms with Crippen LogP contribution in [-0.4, -0.2) is 4.98 Å². The molecule has 1 heterocycles. The molecule has 0 N–H and O–H groups in total. The Kier molecular flexibility index (Phi) is 3.42. The summed E-state index contributed by atoms with van der Waals surface area (Å²) in [7, 11) is 0. The van der Waals surface area contributed by atoms with Gasteiger partial charge in [0.2, 0.25) is 5.06 Å². The second-order valence-electron chi connectivity index (χ2n) is 3.71. The molecule has 3 nitrogen and oxygen atoms in total. The first kappa shape index (κ1) is 11.7. The van der Waals surface area contributed by atoms with E-state index in [1.165, 1.54) is 11.3 Å². The Labute approximate surface area is 115 Å². The van der Waals surface area contributed by atoms with E-state index in [1.807, 2.05) is 60.7 Å². The van der Waals surface area contributed by atoms with Crippen LogP contribution < -0.4 is 9.47 Å². The van der Waals surface area contributed by atoms with Crippen molar-refractivity contribution in [3.05, 3.63) is 66.9 Å². The van der Waals surface area contributed by atoms with E-state index in [0.717, 1.165) is 11.5 Å². The third-order valence-corrected chi connectivity index (χ3v) is 3.03. The third kappa shape index (κ3) is 3.11. The molecular weight excluding hydrogens is 258 g/mol. The second kappa shape index (κ2) is 5.54. The van der Waals surface area contributed by atoms with Crippen molar-refractivity contribution in [3.63, 3.8) is 0 Å². The maximum Gasteiger partial charge on any atom is 0.282 e. The fourth-order valence-corrected chi connectivity index (χ4v) is 2.11. The highest BCUT2D eigenvalue weighted by molar-refractivity contribution is 7.15. The van der Waals surface area contributed by atoms with Crippen LogP contribution in [0, 0.1) is 6.20 Å². The Bertz CT molecular complexity index is 582. The Balaban J connectivity index is 1.70. The maximum atomic E-state index is 5.62. The fourth-order valence-electron chi connectivity index (χ4n) is 1.49. The minimum atomic E-state index is 0.511. The first-order valence-electron chi connectivity index (χ1n) is 5.74. The van der Waals surface area contributed by atoms with Gasteiger partial charge in [-0.3, -0.25) is 0 Å². The van der Waals surface area contributed by atoms with E-state index < -0.39 is 0 Å². The highest BCUT2D eigenvalue weighted by Crippen LogP contribution is 2.33. The van der Waals surface area contributed by atoms with E-state index in [9.17, 15) is 0 Å². The first-order chi connectivity index (χ1) is 9.40. The van der Waals surface area contributed by atoms with Gasteiger partial charge in [-0.1, -0.05) is 36.4 Å². The van der Waals surface area contributed by atoms with Gasteiger partial charge in [-0.05, 0) is 35.6 Å². The van der Waals surface area contributed by atoms with Gasteiger partial charge in [0.15, 0.2) is 6.20 Å². The van der Waals surface area contributed by atoms with Gasteiger partial charge < -0.3 is 9.47 Å². The average molecular weight is 268 g/mol. The zero-order valence-electron chi connectivity index (χ0n) is 9.95. The van der Waals surface area contributed by atoms with Crippen molar-refractivity contribution < 1.29 is 9.47 Å². The van der Waals surface area contributed by atoms with Crippen LogP contribution in [0.1, 0.15) is 0 Å². The normalized spacial score (nSPS) is 10.1. The molecule has 0 bridgehead atoms. The Morgan fingerprint density at radius 2 is 1.37 bits per heavy atom. The molecule has 0 unspecified atom stereocenters. The summed E-state index contributed by atoms with van der Waals surface area (Å²) in [5, 5.41) is 1.09. The van der Waals surface area contributed by atoms with Gasteiger partial charge in [-0.25, -0.2) is 0 Å². The van der Waals surface area contributed by atoms with Crippen LogP contribution >= 0.6 is 11.3 Å². The van der Waals surface area contributed by atoms with Gasteiger partial charge in [0.1, 0.15) is 11.5 Å². The van der Waals surface area contributed by atoms with E-state index >= 15 is 0 Å². The number of para-hydroxylation sites is 2. The number of hydrogen-bond acceptors (Lipinski definition) is 4. The average Bonchev–Trinajstić information content (AvgIpc) is 2.88. The van der Waals surface area contributed by atoms with Crippen LogP contribution in [0.2, 0.25) is 0 Å². The molecule has 0 atom stereocenters. The molecule has 2 aromatic carbocycles. The Hall–Kier alpha value is -2.33. The zero-order valence-corrected chi connectivity index (χ0v) is 10.8. The fraction of sp³-hybridized carbons (Fsp3) is 0. The summed E-state index contributed by atoms with van der Waals surface area (Å²) in [5.74, 6) is 1.50. The standard InChI is InChI=1S/C15H10NO2S/c1-3-7-12(8-4-1)17-14-11-16-15(19-14)18-13-9-5-2-6-10-13/h1-10H. The number of ether oxygens (including phenoxy) is 2. The summed E-state index contributed by atoms with van der Waals surface area (Å²) < 4.78 is 11.2. The predicted molar refractivity (Wildman–Crippen MR) is 74.0 cm³/mol. The number of benzene rings is 2. The Morgan fingerprint density at radius 1 is 0.789 bits per heavy atom. The van der Waals surface area contributed by atoms with Crippen molar-refractivity contribution in [2.75, 3.05) is 0 Å². The SMILES string of the molecule is [c]1nc(Oc2ccccc2)sc1Oc1ccccc1. The van der Waals surface area contributed by atoms with Gasteiger partial charge in [0, 0.05) is 0 Å². The number of rotatable bonds is 4. The van der Waals surface area contributed by atoms with Crippen LogP contribution in [0.5, 0.6) is 21.8 Å². The monoisotopic (exact) mass is 268 g/mol. The van der Waals surface area contributed by atoms with Gasteiger partial charge >= 0.3 is 0 Å². The summed E-state index contributed by atoms with van der Waals surface area (Å²) in [6.07, 6.45) is 2.80. The highest BCUT2D eigenvalue weighted by Gasteiger charge is 2.06. The number of hydrogen-bond donors (Lipinski definition) is 0. The van der Waals surface area contributed by atoms with Gasteiger partial charge in [-0.15, -0.1) is 0 Å². The molecule has 0 amide bonds. The number of thiazole rings is 1. The molecule has 3 rings (SSSR count). The lowest BCUT2D eigenvalue weighted by atomic mass is 10.3. The smallest absolute Gasteiger partial charge is 0.282 e. The zero-order chi connectivity index (χ0) is 12.9. The summed E-state index contributed by atoms with van der Waals surface area (Å²) in [4.78, 5) is 4.05. The summed E-state index contributed by atoms with van der Waals surface area (Å²) in [6, 6.07) is 19.0. The van der Waals surface area contributed by atoms with Crippen LogP contribution in [0.15, 0.2) is 60.7 Å². The molecule has 93 valence electrons. The molecule has 0 saturated carbocycles. The molecule has 0 aliphatic heterocycles. The van der Waals surface area contributed by atoms with Crippen LogP contribution in [0.4, 0.5) is 0 Å². The predicted octanol–water partition coefficient (Wildman–Crippen LogP) is 4.53. The molecule has 0 spiro atoms. The minimum Gasteiger partial charge on any atom is -0.444 e. The van der Waals surface area contributed by atoms with Crippen LogP contribution in [-0.2, 0) is 0 Å². The largest absolute Gasteiger partial charge is 0.444 e. The van der Waals surface area contributed by atoms with E-state index in [4.69, 9.17) is 9.47 Å². The molecule has 3 aromatic rings. The molecule has 0 aliphatic rings. The molecule has 4 heteroatoms. The molecule has 1 aromatic heterocycles. The topological polar surface area (TPSA) is 31.4 Å². The van der Waals surface area contributed by atoms with Crippen molar-refractivity contribution >= 4 is 11.3 Å². The van der Waals surface area contributed by atoms with E-state index in [0.29, 0.717) is 10.3 Å². The van der Waals surface area contributed by atoms with Crippen LogP contribution in [0.25, 0.3) is 0 Å². The van der Waals surface area contributed by atoms with Crippen molar-refractivity contribution in [2.24, 2.45) is 0 Å². The molecule has 0 fully saturated rings. The first-order valence-corrected chi connectivity index (χ1v) is 6.56. The van der Waals surface area contributed by atoms with Crippen LogP contribution in [0.3, 0.4) is 0 Å². The van der Waals surface area contributed by atoms with Crippen molar-refractivity contribution in [1.29, 1.82) is 0 Å². The van der Waals surface area contributed by atoms with Gasteiger partial charge in [0.25, 0.3) is 5.19 Å².